The number of fused-ring (bicyclic) bond motifs is 3. The van der Waals surface area contributed by atoms with Crippen LogP contribution in [0.1, 0.15) is 11.1 Å². The van der Waals surface area contributed by atoms with Crippen LogP contribution < -0.4 is 14.8 Å². The first-order valence-electron chi connectivity index (χ1n) is 9.57. The van der Waals surface area contributed by atoms with E-state index in [0.717, 1.165) is 26.6 Å². The Balaban J connectivity index is 1.51. The number of aromatic nitrogens is 2. The maximum Gasteiger partial charge on any atom is 0.274 e. The lowest BCUT2D eigenvalue weighted by atomic mass is 10.2. The molecule has 7 nitrogen and oxygen atoms in total. The van der Waals surface area contributed by atoms with Crippen LogP contribution in [-0.4, -0.2) is 14.3 Å². The molecule has 0 radical (unpaired) electrons. The molecule has 3 aromatic carbocycles. The smallest absolute Gasteiger partial charge is 0.274 e. The highest BCUT2D eigenvalue weighted by Crippen LogP contribution is 2.25. The molecule has 0 spiro atoms. The minimum atomic E-state index is -0.436. The van der Waals surface area contributed by atoms with Gasteiger partial charge in [0.05, 0.1) is 20.5 Å². The highest BCUT2D eigenvalue weighted by molar-refractivity contribution is 9.10. The number of non-ortho nitro benzene ring substituents is 1. The molecule has 0 saturated heterocycles. The van der Waals surface area contributed by atoms with E-state index in [1.807, 2.05) is 42.5 Å². The molecule has 0 saturated carbocycles. The van der Waals surface area contributed by atoms with E-state index in [-0.39, 0.29) is 17.9 Å². The second kappa shape index (κ2) is 8.18. The fourth-order valence-electron chi connectivity index (χ4n) is 3.39. The molecule has 0 atom stereocenters. The van der Waals surface area contributed by atoms with Crippen LogP contribution in [0.4, 0.5) is 5.69 Å². The molecule has 9 heteroatoms. The molecule has 0 aliphatic rings. The molecule has 0 aliphatic heterocycles. The summed E-state index contributed by atoms with van der Waals surface area (Å²) in [6.45, 7) is 0.239. The first kappa shape index (κ1) is 20.3. The molecular weight excluding hydrogens is 494 g/mol. The van der Waals surface area contributed by atoms with E-state index in [1.54, 1.807) is 22.6 Å². The Hall–Kier alpha value is -3.56. The summed E-state index contributed by atoms with van der Waals surface area (Å²) in [5, 5.41) is 10.8. The van der Waals surface area contributed by atoms with Crippen molar-refractivity contribution in [1.82, 2.24) is 9.38 Å². The van der Waals surface area contributed by atoms with E-state index >= 15 is 0 Å². The largest absolute Gasteiger partial charge is 0.488 e. The lowest BCUT2D eigenvalue weighted by molar-refractivity contribution is -0.384. The fraction of sp³-hybridized carbons (Fsp3) is 0.0435. The van der Waals surface area contributed by atoms with Gasteiger partial charge in [0, 0.05) is 22.2 Å². The maximum atomic E-state index is 13.1. The van der Waals surface area contributed by atoms with Crippen molar-refractivity contribution in [3.8, 4) is 5.75 Å². The van der Waals surface area contributed by atoms with Crippen molar-refractivity contribution in [2.75, 3.05) is 0 Å². The summed E-state index contributed by atoms with van der Waals surface area (Å²) < 4.78 is 9.01. The van der Waals surface area contributed by atoms with Crippen LogP contribution >= 0.6 is 27.3 Å². The van der Waals surface area contributed by atoms with Crippen LogP contribution in [-0.2, 0) is 6.61 Å². The van der Waals surface area contributed by atoms with Crippen LogP contribution in [0, 0.1) is 10.1 Å². The number of ether oxygens (including phenoxy) is 1. The van der Waals surface area contributed by atoms with Gasteiger partial charge in [-0.25, -0.2) is 9.38 Å². The van der Waals surface area contributed by atoms with Crippen molar-refractivity contribution >= 4 is 55.0 Å². The number of hydrogen-bond donors (Lipinski definition) is 0. The molecule has 5 rings (SSSR count). The zero-order valence-corrected chi connectivity index (χ0v) is 18.8. The molecule has 0 unspecified atom stereocenters. The summed E-state index contributed by atoms with van der Waals surface area (Å²) in [5.41, 5.74) is 3.02. The lowest BCUT2D eigenvalue weighted by Crippen LogP contribution is -2.22. The van der Waals surface area contributed by atoms with Gasteiger partial charge in [0.15, 0.2) is 4.96 Å². The topological polar surface area (TPSA) is 86.7 Å². The first-order valence-corrected chi connectivity index (χ1v) is 11.2. The number of imidazole rings is 1. The van der Waals surface area contributed by atoms with Gasteiger partial charge in [-0.1, -0.05) is 39.4 Å². The second-order valence-corrected chi connectivity index (χ2v) is 8.95. The van der Waals surface area contributed by atoms with Gasteiger partial charge in [-0.3, -0.25) is 14.9 Å². The van der Waals surface area contributed by atoms with Crippen molar-refractivity contribution in [1.29, 1.82) is 0 Å². The molecule has 2 aromatic heterocycles. The average Bonchev–Trinajstić information content (AvgIpc) is 3.29. The number of benzene rings is 3. The fourth-order valence-corrected chi connectivity index (χ4v) is 4.75. The average molecular weight is 508 g/mol. The number of para-hydroxylation sites is 2. The molecule has 2 heterocycles. The molecule has 158 valence electrons. The van der Waals surface area contributed by atoms with E-state index in [9.17, 15) is 14.9 Å². The Morgan fingerprint density at radius 3 is 2.69 bits per heavy atom. The van der Waals surface area contributed by atoms with Gasteiger partial charge in [0.1, 0.15) is 12.4 Å². The highest BCUT2D eigenvalue weighted by atomic mass is 79.9. The van der Waals surface area contributed by atoms with Gasteiger partial charge < -0.3 is 4.74 Å². The minimum Gasteiger partial charge on any atom is -0.488 e. The van der Waals surface area contributed by atoms with Crippen LogP contribution in [0.5, 0.6) is 5.75 Å². The van der Waals surface area contributed by atoms with Gasteiger partial charge in [-0.2, -0.15) is 0 Å². The Kier molecular flexibility index (Phi) is 5.20. The van der Waals surface area contributed by atoms with Crippen LogP contribution in [0.3, 0.4) is 0 Å². The predicted octanol–water partition coefficient (Wildman–Crippen LogP) is 4.71. The van der Waals surface area contributed by atoms with E-state index in [0.29, 0.717) is 15.2 Å². The van der Waals surface area contributed by atoms with Crippen molar-refractivity contribution in [3.05, 3.63) is 107 Å². The summed E-state index contributed by atoms with van der Waals surface area (Å²) in [4.78, 5) is 28.6. The number of halogens is 1. The standard InChI is InChI=1S/C23H14BrN3O4S/c24-16-7-10-20(31-13-14-5-8-17(9-6-14)27(29)30)15(11-16)12-21-22(28)26-19-4-2-1-3-18(19)25-23(26)32-21/h1-12H,13H2. The van der Waals surface area contributed by atoms with E-state index < -0.39 is 4.92 Å². The zero-order chi connectivity index (χ0) is 22.2. The minimum absolute atomic E-state index is 0.0321. The maximum absolute atomic E-state index is 13.1. The van der Waals surface area contributed by atoms with E-state index in [1.165, 1.54) is 23.5 Å². The molecule has 32 heavy (non-hydrogen) atoms. The number of rotatable bonds is 5. The third-order valence-electron chi connectivity index (χ3n) is 4.95. The predicted molar refractivity (Wildman–Crippen MR) is 127 cm³/mol. The number of thiazole rings is 1. The van der Waals surface area contributed by atoms with Crippen molar-refractivity contribution in [2.24, 2.45) is 0 Å². The summed E-state index contributed by atoms with van der Waals surface area (Å²) in [5.74, 6) is 0.599. The normalized spacial score (nSPS) is 12.0. The third kappa shape index (κ3) is 3.76. The Labute approximate surface area is 193 Å². The molecular formula is C23H14BrN3O4S. The Morgan fingerprint density at radius 1 is 1.12 bits per heavy atom. The van der Waals surface area contributed by atoms with Gasteiger partial charge in [0.25, 0.3) is 11.2 Å². The second-order valence-electron chi connectivity index (χ2n) is 7.03. The molecule has 0 aliphatic carbocycles. The van der Waals surface area contributed by atoms with Crippen molar-refractivity contribution in [3.63, 3.8) is 0 Å². The third-order valence-corrected chi connectivity index (χ3v) is 6.41. The SMILES string of the molecule is O=c1c(=Cc2cc(Br)ccc2OCc2ccc([N+](=O)[O-])cc2)sc2nc3ccccc3n12. The highest BCUT2D eigenvalue weighted by Gasteiger charge is 2.12. The van der Waals surface area contributed by atoms with Gasteiger partial charge >= 0.3 is 0 Å². The summed E-state index contributed by atoms with van der Waals surface area (Å²) >= 11 is 4.80. The number of nitro groups is 1. The van der Waals surface area contributed by atoms with Crippen molar-refractivity contribution < 1.29 is 9.66 Å². The van der Waals surface area contributed by atoms with Crippen LogP contribution in [0.25, 0.3) is 22.1 Å². The molecule has 5 aromatic rings. The lowest BCUT2D eigenvalue weighted by Gasteiger charge is -2.10. The monoisotopic (exact) mass is 507 g/mol. The summed E-state index contributed by atoms with van der Waals surface area (Å²) in [6, 6.07) is 19.3. The molecule has 0 fully saturated rings. The van der Waals surface area contributed by atoms with Crippen molar-refractivity contribution in [2.45, 2.75) is 6.61 Å². The summed E-state index contributed by atoms with van der Waals surface area (Å²) in [7, 11) is 0. The first-order chi connectivity index (χ1) is 15.5. The number of nitrogens with zero attached hydrogens (tertiary/aromatic N) is 3. The quantitative estimate of drug-likeness (QED) is 0.254. The number of hydrogen-bond acceptors (Lipinski definition) is 6. The number of nitro benzene ring substituents is 1. The van der Waals surface area contributed by atoms with E-state index in [2.05, 4.69) is 20.9 Å². The Morgan fingerprint density at radius 2 is 1.91 bits per heavy atom. The van der Waals surface area contributed by atoms with Gasteiger partial charge in [-0.05, 0) is 54.1 Å². The molecule has 0 amide bonds. The summed E-state index contributed by atoms with van der Waals surface area (Å²) in [6.07, 6.45) is 1.80. The molecule has 0 bridgehead atoms. The zero-order valence-electron chi connectivity index (χ0n) is 16.4. The van der Waals surface area contributed by atoms with E-state index in [4.69, 9.17) is 4.74 Å². The molecule has 0 N–H and O–H groups in total. The Bertz CT molecular complexity index is 1590. The van der Waals surface area contributed by atoms with Gasteiger partial charge in [-0.15, -0.1) is 0 Å². The van der Waals surface area contributed by atoms with Crippen LogP contribution in [0.15, 0.2) is 76.0 Å². The van der Waals surface area contributed by atoms with Gasteiger partial charge in [0.2, 0.25) is 0 Å². The van der Waals surface area contributed by atoms with Crippen LogP contribution in [0.2, 0.25) is 0 Å².